The number of phenolic OH excluding ortho intramolecular Hbond substituents is 1. The van der Waals surface area contributed by atoms with E-state index in [-0.39, 0.29) is 17.3 Å². The van der Waals surface area contributed by atoms with Crippen LogP contribution in [0.1, 0.15) is 27.4 Å². The fourth-order valence-electron chi connectivity index (χ4n) is 3.33. The van der Waals surface area contributed by atoms with Crippen LogP contribution in [0.3, 0.4) is 0 Å². The Bertz CT molecular complexity index is 1100. The van der Waals surface area contributed by atoms with Crippen LogP contribution in [-0.2, 0) is 6.54 Å². The first-order chi connectivity index (χ1) is 12.5. The van der Waals surface area contributed by atoms with Gasteiger partial charge in [-0.3, -0.25) is 4.79 Å². The first-order valence-electron chi connectivity index (χ1n) is 8.37. The summed E-state index contributed by atoms with van der Waals surface area (Å²) in [5.74, 6) is 0.668. The number of hydrogen-bond donors (Lipinski definition) is 1. The number of aromatic hydroxyl groups is 1. The second-order valence-electron chi connectivity index (χ2n) is 6.69. The zero-order chi connectivity index (χ0) is 18.4. The number of para-hydroxylation sites is 1. The predicted molar refractivity (Wildman–Crippen MR) is 99.7 cm³/mol. The van der Waals surface area contributed by atoms with E-state index in [1.807, 2.05) is 43.3 Å². The normalized spacial score (nSPS) is 11.7. The number of aryl methyl sites for hydroxylation is 1. The molecule has 0 fully saturated rings. The third-order valence-corrected chi connectivity index (χ3v) is 4.47. The van der Waals surface area contributed by atoms with Gasteiger partial charge in [0.2, 0.25) is 5.78 Å². The van der Waals surface area contributed by atoms with Crippen molar-refractivity contribution in [1.29, 1.82) is 0 Å². The maximum atomic E-state index is 13.2. The molecule has 0 aliphatic carbocycles. The van der Waals surface area contributed by atoms with Crippen molar-refractivity contribution in [1.82, 2.24) is 4.90 Å². The lowest BCUT2D eigenvalue weighted by molar-refractivity contribution is 0.101. The van der Waals surface area contributed by atoms with E-state index in [2.05, 4.69) is 0 Å². The van der Waals surface area contributed by atoms with Gasteiger partial charge in [0.15, 0.2) is 5.76 Å². The highest BCUT2D eigenvalue weighted by Gasteiger charge is 2.26. The van der Waals surface area contributed by atoms with E-state index >= 15 is 0 Å². The highest BCUT2D eigenvalue weighted by molar-refractivity contribution is 6.17. The molecule has 0 bridgehead atoms. The second-order valence-corrected chi connectivity index (χ2v) is 6.69. The van der Waals surface area contributed by atoms with Gasteiger partial charge in [-0.25, -0.2) is 0 Å². The smallest absolute Gasteiger partial charge is 0.232 e. The number of benzene rings is 2. The highest BCUT2D eigenvalue weighted by Crippen LogP contribution is 2.36. The van der Waals surface area contributed by atoms with Gasteiger partial charge in [0.1, 0.15) is 22.7 Å². The van der Waals surface area contributed by atoms with Gasteiger partial charge < -0.3 is 18.8 Å². The molecular weight excluding hydrogens is 330 g/mol. The van der Waals surface area contributed by atoms with E-state index in [1.54, 1.807) is 25.1 Å². The number of ketones is 1. The zero-order valence-electron chi connectivity index (χ0n) is 14.9. The zero-order valence-corrected chi connectivity index (χ0v) is 14.9. The highest BCUT2D eigenvalue weighted by atomic mass is 16.3. The molecule has 2 aromatic heterocycles. The van der Waals surface area contributed by atoms with Crippen LogP contribution in [0, 0.1) is 6.92 Å². The number of carbonyl (C=O) groups excluding carboxylic acids is 1. The molecule has 4 rings (SSSR count). The van der Waals surface area contributed by atoms with Crippen LogP contribution in [0.25, 0.3) is 21.9 Å². The van der Waals surface area contributed by atoms with Gasteiger partial charge in [-0.1, -0.05) is 18.2 Å². The summed E-state index contributed by atoms with van der Waals surface area (Å²) < 4.78 is 11.5. The molecule has 0 spiro atoms. The van der Waals surface area contributed by atoms with Crippen molar-refractivity contribution >= 4 is 27.7 Å². The molecule has 5 heteroatoms. The average molecular weight is 349 g/mol. The van der Waals surface area contributed by atoms with E-state index in [1.165, 1.54) is 0 Å². The third kappa shape index (κ3) is 2.57. The number of rotatable bonds is 4. The SMILES string of the molecule is Cc1oc2ccc(O)c(CN(C)C)c2c1C(=O)c1cc2ccccc2o1. The number of hydrogen-bond acceptors (Lipinski definition) is 5. The van der Waals surface area contributed by atoms with E-state index < -0.39 is 0 Å². The minimum absolute atomic E-state index is 0.144. The van der Waals surface area contributed by atoms with E-state index in [0.29, 0.717) is 40.0 Å². The molecule has 2 heterocycles. The summed E-state index contributed by atoms with van der Waals surface area (Å²) in [6, 6.07) is 12.5. The molecule has 0 saturated heterocycles. The first-order valence-corrected chi connectivity index (χ1v) is 8.37. The van der Waals surface area contributed by atoms with Crippen molar-refractivity contribution in [2.45, 2.75) is 13.5 Å². The molecule has 26 heavy (non-hydrogen) atoms. The summed E-state index contributed by atoms with van der Waals surface area (Å²) in [4.78, 5) is 15.1. The number of furan rings is 2. The standard InChI is InChI=1S/C21H19NO4/c1-12-19(21(24)18-10-13-6-4-5-7-16(13)26-18)20-14(11-22(2)3)15(23)8-9-17(20)25-12/h4-10,23H,11H2,1-3H3. The molecule has 5 nitrogen and oxygen atoms in total. The molecule has 0 saturated carbocycles. The Morgan fingerprint density at radius 2 is 1.85 bits per heavy atom. The summed E-state index contributed by atoms with van der Waals surface area (Å²) in [5, 5.41) is 11.9. The average Bonchev–Trinajstić information content (AvgIpc) is 3.17. The van der Waals surface area contributed by atoms with Crippen molar-refractivity contribution < 1.29 is 18.7 Å². The fraction of sp³-hybridized carbons (Fsp3) is 0.190. The minimum Gasteiger partial charge on any atom is -0.508 e. The lowest BCUT2D eigenvalue weighted by Gasteiger charge is -2.12. The molecule has 0 radical (unpaired) electrons. The van der Waals surface area contributed by atoms with Gasteiger partial charge in [-0.05, 0) is 45.3 Å². The van der Waals surface area contributed by atoms with Gasteiger partial charge in [-0.15, -0.1) is 0 Å². The molecule has 0 amide bonds. The van der Waals surface area contributed by atoms with Gasteiger partial charge in [0, 0.05) is 22.9 Å². The van der Waals surface area contributed by atoms with Gasteiger partial charge in [-0.2, -0.15) is 0 Å². The minimum atomic E-state index is -0.247. The molecule has 1 N–H and O–H groups in total. The van der Waals surface area contributed by atoms with Crippen LogP contribution < -0.4 is 0 Å². The molecule has 4 aromatic rings. The summed E-state index contributed by atoms with van der Waals surface area (Å²) in [5.41, 5.74) is 2.35. The lowest BCUT2D eigenvalue weighted by Crippen LogP contribution is -2.12. The van der Waals surface area contributed by atoms with Crippen LogP contribution >= 0.6 is 0 Å². The van der Waals surface area contributed by atoms with Crippen LogP contribution in [0.2, 0.25) is 0 Å². The van der Waals surface area contributed by atoms with Gasteiger partial charge in [0.05, 0.1) is 5.56 Å². The summed E-state index contributed by atoms with van der Waals surface area (Å²) >= 11 is 0. The number of carbonyl (C=O) groups is 1. The van der Waals surface area contributed by atoms with Crippen molar-refractivity contribution in [2.24, 2.45) is 0 Å². The largest absolute Gasteiger partial charge is 0.508 e. The molecule has 0 atom stereocenters. The quantitative estimate of drug-likeness (QED) is 0.550. The van der Waals surface area contributed by atoms with Gasteiger partial charge >= 0.3 is 0 Å². The van der Waals surface area contributed by atoms with Crippen molar-refractivity contribution in [3.05, 3.63) is 65.1 Å². The van der Waals surface area contributed by atoms with E-state index in [0.717, 1.165) is 5.39 Å². The Morgan fingerprint density at radius 1 is 1.08 bits per heavy atom. The van der Waals surface area contributed by atoms with Crippen LogP contribution in [-0.4, -0.2) is 29.9 Å². The van der Waals surface area contributed by atoms with Gasteiger partial charge in [0.25, 0.3) is 0 Å². The Balaban J connectivity index is 1.93. The fourth-order valence-corrected chi connectivity index (χ4v) is 3.33. The maximum absolute atomic E-state index is 13.2. The monoisotopic (exact) mass is 349 g/mol. The number of fused-ring (bicyclic) bond motifs is 2. The third-order valence-electron chi connectivity index (χ3n) is 4.47. The molecule has 0 aliphatic heterocycles. The Kier molecular flexibility index (Phi) is 3.81. The van der Waals surface area contributed by atoms with E-state index in [9.17, 15) is 9.90 Å². The second kappa shape index (κ2) is 6.04. The Morgan fingerprint density at radius 3 is 2.58 bits per heavy atom. The lowest BCUT2D eigenvalue weighted by atomic mass is 9.99. The Labute approximate surface area is 150 Å². The van der Waals surface area contributed by atoms with E-state index in [4.69, 9.17) is 8.83 Å². The van der Waals surface area contributed by atoms with Crippen LogP contribution in [0.4, 0.5) is 0 Å². The first kappa shape index (κ1) is 16.4. The van der Waals surface area contributed by atoms with Crippen LogP contribution in [0.15, 0.2) is 51.3 Å². The molecule has 0 aliphatic rings. The molecular formula is C21H19NO4. The molecule has 0 unspecified atom stereocenters. The summed E-state index contributed by atoms with van der Waals surface area (Å²) in [6.07, 6.45) is 0. The van der Waals surface area contributed by atoms with Crippen molar-refractivity contribution in [3.63, 3.8) is 0 Å². The molecule has 2 aromatic carbocycles. The topological polar surface area (TPSA) is 66.8 Å². The number of nitrogens with zero attached hydrogens (tertiary/aromatic N) is 1. The molecule has 132 valence electrons. The summed E-state index contributed by atoms with van der Waals surface area (Å²) in [7, 11) is 3.82. The van der Waals surface area contributed by atoms with Crippen LogP contribution in [0.5, 0.6) is 5.75 Å². The Hall–Kier alpha value is -3.05. The van der Waals surface area contributed by atoms with Crippen molar-refractivity contribution in [3.8, 4) is 5.75 Å². The predicted octanol–water partition coefficient (Wildman–Crippen LogP) is 4.49. The maximum Gasteiger partial charge on any atom is 0.232 e. The van der Waals surface area contributed by atoms with Crippen molar-refractivity contribution in [2.75, 3.05) is 14.1 Å². The number of phenols is 1. The summed E-state index contributed by atoms with van der Waals surface area (Å²) in [6.45, 7) is 2.24.